The number of nitrogens with zero attached hydrogens (tertiary/aromatic N) is 2. The Bertz CT molecular complexity index is 589. The maximum atomic E-state index is 6.37. The summed E-state index contributed by atoms with van der Waals surface area (Å²) < 4.78 is 1.96. The Morgan fingerprint density at radius 3 is 2.48 bits per heavy atom. The highest BCUT2D eigenvalue weighted by molar-refractivity contribution is 6.31. The maximum absolute atomic E-state index is 6.37. The minimum Gasteiger partial charge on any atom is -0.271 e. The second-order valence-electron chi connectivity index (χ2n) is 5.42. The Hall–Kier alpha value is -1.36. The SMILES string of the molecule is CCn1nc(C)c(Cl)c1CC(Cc1ccc(C)cc1)NN. The smallest absolute Gasteiger partial charge is 0.0847 e. The van der Waals surface area contributed by atoms with Crippen molar-refractivity contribution in [1.82, 2.24) is 15.2 Å². The van der Waals surface area contributed by atoms with Crippen molar-refractivity contribution in [2.45, 2.75) is 46.2 Å². The third-order valence-electron chi connectivity index (χ3n) is 3.73. The predicted octanol–water partition coefficient (Wildman–Crippen LogP) is 2.79. The first-order valence-corrected chi connectivity index (χ1v) is 7.66. The van der Waals surface area contributed by atoms with Gasteiger partial charge in [0.15, 0.2) is 0 Å². The Labute approximate surface area is 131 Å². The van der Waals surface area contributed by atoms with E-state index in [0.29, 0.717) is 0 Å². The first kappa shape index (κ1) is 16.0. The van der Waals surface area contributed by atoms with Crippen molar-refractivity contribution >= 4 is 11.6 Å². The van der Waals surface area contributed by atoms with Crippen LogP contribution in [0.15, 0.2) is 24.3 Å². The van der Waals surface area contributed by atoms with E-state index in [9.17, 15) is 0 Å². The zero-order valence-electron chi connectivity index (χ0n) is 12.9. The lowest BCUT2D eigenvalue weighted by atomic mass is 10.0. The molecule has 0 aliphatic rings. The summed E-state index contributed by atoms with van der Waals surface area (Å²) in [5, 5.41) is 5.20. The summed E-state index contributed by atoms with van der Waals surface area (Å²) in [4.78, 5) is 0. The van der Waals surface area contributed by atoms with E-state index < -0.39 is 0 Å². The van der Waals surface area contributed by atoms with Crippen LogP contribution in [0.5, 0.6) is 0 Å². The topological polar surface area (TPSA) is 55.9 Å². The van der Waals surface area contributed by atoms with Crippen LogP contribution in [0.25, 0.3) is 0 Å². The van der Waals surface area contributed by atoms with Gasteiger partial charge in [0.2, 0.25) is 0 Å². The lowest BCUT2D eigenvalue weighted by Gasteiger charge is -2.17. The summed E-state index contributed by atoms with van der Waals surface area (Å²) in [5.74, 6) is 5.72. The van der Waals surface area contributed by atoms with Crippen LogP contribution < -0.4 is 11.3 Å². The number of halogens is 1. The molecule has 1 aromatic heterocycles. The summed E-state index contributed by atoms with van der Waals surface area (Å²) in [6.07, 6.45) is 1.62. The Kier molecular flexibility index (Phi) is 5.39. The zero-order chi connectivity index (χ0) is 15.4. The Balaban J connectivity index is 2.14. The highest BCUT2D eigenvalue weighted by atomic mass is 35.5. The average Bonchev–Trinajstić information content (AvgIpc) is 2.76. The second-order valence-corrected chi connectivity index (χ2v) is 5.80. The molecule has 0 saturated heterocycles. The van der Waals surface area contributed by atoms with Crippen LogP contribution in [0.1, 0.15) is 29.4 Å². The standard InChI is InChI=1S/C16H23ClN4/c1-4-21-15(16(17)12(3)20-21)10-14(19-18)9-13-7-5-11(2)6-8-13/h5-8,14,19H,4,9-10,18H2,1-3H3. The molecule has 0 bridgehead atoms. The molecule has 0 aliphatic carbocycles. The number of hydrogen-bond acceptors (Lipinski definition) is 3. The fourth-order valence-electron chi connectivity index (χ4n) is 2.50. The largest absolute Gasteiger partial charge is 0.271 e. The van der Waals surface area contributed by atoms with Gasteiger partial charge in [0.25, 0.3) is 0 Å². The van der Waals surface area contributed by atoms with Gasteiger partial charge < -0.3 is 0 Å². The summed E-state index contributed by atoms with van der Waals surface area (Å²) in [5.41, 5.74) is 7.35. The molecule has 1 atom stereocenters. The van der Waals surface area contributed by atoms with Gasteiger partial charge in [-0.1, -0.05) is 41.4 Å². The van der Waals surface area contributed by atoms with Gasteiger partial charge in [0.05, 0.1) is 16.4 Å². The van der Waals surface area contributed by atoms with Crippen LogP contribution in [0.2, 0.25) is 5.02 Å². The minimum absolute atomic E-state index is 0.131. The molecule has 0 saturated carbocycles. The number of aromatic nitrogens is 2. The van der Waals surface area contributed by atoms with Crippen molar-refractivity contribution in [3.63, 3.8) is 0 Å². The molecule has 1 aromatic carbocycles. The molecular formula is C16H23ClN4. The van der Waals surface area contributed by atoms with Gasteiger partial charge in [-0.15, -0.1) is 0 Å². The van der Waals surface area contributed by atoms with Crippen molar-refractivity contribution in [2.24, 2.45) is 5.84 Å². The highest BCUT2D eigenvalue weighted by Gasteiger charge is 2.17. The van der Waals surface area contributed by atoms with E-state index >= 15 is 0 Å². The summed E-state index contributed by atoms with van der Waals surface area (Å²) in [7, 11) is 0. The quantitative estimate of drug-likeness (QED) is 0.637. The minimum atomic E-state index is 0.131. The van der Waals surface area contributed by atoms with Gasteiger partial charge in [-0.25, -0.2) is 0 Å². The number of nitrogens with two attached hydrogens (primary N) is 1. The molecule has 0 radical (unpaired) electrons. The molecule has 5 heteroatoms. The van der Waals surface area contributed by atoms with Crippen LogP contribution >= 0.6 is 11.6 Å². The lowest BCUT2D eigenvalue weighted by Crippen LogP contribution is -2.39. The van der Waals surface area contributed by atoms with E-state index in [1.165, 1.54) is 11.1 Å². The van der Waals surface area contributed by atoms with E-state index in [2.05, 4.69) is 48.6 Å². The van der Waals surface area contributed by atoms with Gasteiger partial charge in [-0.05, 0) is 32.8 Å². The molecule has 0 spiro atoms. The van der Waals surface area contributed by atoms with Gasteiger partial charge in [-0.2, -0.15) is 5.10 Å². The van der Waals surface area contributed by atoms with Crippen LogP contribution in [0.4, 0.5) is 0 Å². The van der Waals surface area contributed by atoms with E-state index in [1.807, 2.05) is 11.6 Å². The summed E-state index contributed by atoms with van der Waals surface area (Å²) >= 11 is 6.37. The third kappa shape index (κ3) is 3.84. The average molecular weight is 307 g/mol. The van der Waals surface area contributed by atoms with Crippen molar-refractivity contribution in [1.29, 1.82) is 0 Å². The Morgan fingerprint density at radius 2 is 1.90 bits per heavy atom. The van der Waals surface area contributed by atoms with Crippen molar-refractivity contribution in [2.75, 3.05) is 0 Å². The number of hydrazine groups is 1. The second kappa shape index (κ2) is 7.07. The number of aryl methyl sites for hydroxylation is 3. The van der Waals surface area contributed by atoms with E-state index in [1.54, 1.807) is 0 Å². The molecule has 4 nitrogen and oxygen atoms in total. The number of nitrogens with one attached hydrogen (secondary N) is 1. The fraction of sp³-hybridized carbons (Fsp3) is 0.438. The van der Waals surface area contributed by atoms with E-state index in [4.69, 9.17) is 17.4 Å². The molecule has 1 unspecified atom stereocenters. The van der Waals surface area contributed by atoms with Gasteiger partial charge >= 0.3 is 0 Å². The van der Waals surface area contributed by atoms with Crippen LogP contribution in [0, 0.1) is 13.8 Å². The number of benzene rings is 1. The molecule has 21 heavy (non-hydrogen) atoms. The van der Waals surface area contributed by atoms with Crippen molar-refractivity contribution in [3.05, 3.63) is 51.8 Å². The van der Waals surface area contributed by atoms with Gasteiger partial charge in [0.1, 0.15) is 0 Å². The molecule has 2 aromatic rings. The monoisotopic (exact) mass is 306 g/mol. The molecular weight excluding hydrogens is 284 g/mol. The van der Waals surface area contributed by atoms with E-state index in [0.717, 1.165) is 35.8 Å². The third-order valence-corrected chi connectivity index (χ3v) is 4.22. The Morgan fingerprint density at radius 1 is 1.24 bits per heavy atom. The summed E-state index contributed by atoms with van der Waals surface area (Å²) in [6, 6.07) is 8.66. The normalized spacial score (nSPS) is 12.6. The molecule has 2 rings (SSSR count). The molecule has 0 amide bonds. The van der Waals surface area contributed by atoms with Crippen LogP contribution in [-0.2, 0) is 19.4 Å². The first-order chi connectivity index (χ1) is 10.0. The predicted molar refractivity (Wildman–Crippen MR) is 87.3 cm³/mol. The highest BCUT2D eigenvalue weighted by Crippen LogP contribution is 2.22. The summed E-state index contributed by atoms with van der Waals surface area (Å²) in [6.45, 7) is 6.90. The maximum Gasteiger partial charge on any atom is 0.0847 e. The van der Waals surface area contributed by atoms with Crippen molar-refractivity contribution < 1.29 is 0 Å². The fourth-order valence-corrected chi connectivity index (χ4v) is 2.71. The first-order valence-electron chi connectivity index (χ1n) is 7.28. The lowest BCUT2D eigenvalue weighted by molar-refractivity contribution is 0.496. The number of rotatable bonds is 6. The molecule has 114 valence electrons. The van der Waals surface area contributed by atoms with Gasteiger partial charge in [-0.3, -0.25) is 16.0 Å². The molecule has 1 heterocycles. The van der Waals surface area contributed by atoms with E-state index in [-0.39, 0.29) is 6.04 Å². The number of hydrogen-bond donors (Lipinski definition) is 2. The zero-order valence-corrected chi connectivity index (χ0v) is 13.6. The molecule has 3 N–H and O–H groups in total. The van der Waals surface area contributed by atoms with Crippen LogP contribution in [0.3, 0.4) is 0 Å². The van der Waals surface area contributed by atoms with Crippen LogP contribution in [-0.4, -0.2) is 15.8 Å². The molecule has 0 aliphatic heterocycles. The molecule has 0 fully saturated rings. The van der Waals surface area contributed by atoms with Gasteiger partial charge in [0, 0.05) is 19.0 Å². The van der Waals surface area contributed by atoms with Crippen molar-refractivity contribution in [3.8, 4) is 0 Å².